The van der Waals surface area contributed by atoms with Crippen LogP contribution in [0.5, 0.6) is 0 Å². The molecular weight excluding hydrogens is 188 g/mol. The molecule has 0 saturated carbocycles. The average molecular weight is 204 g/mol. The molecule has 0 aliphatic rings. The molecule has 0 bridgehead atoms. The van der Waals surface area contributed by atoms with Crippen LogP contribution in [0.3, 0.4) is 0 Å². The standard InChI is InChI=1S/C12H16N2O/c1-5-8-6-13-11(12(2,3)4)9-10(8)15-7-14-9/h6-7H,5H2,1-4H3. The lowest BCUT2D eigenvalue weighted by molar-refractivity contribution is 0.571. The van der Waals surface area contributed by atoms with Gasteiger partial charge in [-0.1, -0.05) is 27.7 Å². The molecule has 15 heavy (non-hydrogen) atoms. The molecule has 80 valence electrons. The van der Waals surface area contributed by atoms with Crippen LogP contribution in [0.25, 0.3) is 11.1 Å². The van der Waals surface area contributed by atoms with Crippen molar-refractivity contribution in [3.8, 4) is 0 Å². The Morgan fingerprint density at radius 2 is 2.00 bits per heavy atom. The molecule has 3 heteroatoms. The molecule has 2 rings (SSSR count). The van der Waals surface area contributed by atoms with E-state index in [9.17, 15) is 0 Å². The molecule has 0 spiro atoms. The van der Waals surface area contributed by atoms with Crippen molar-refractivity contribution < 1.29 is 4.42 Å². The molecule has 0 amide bonds. The van der Waals surface area contributed by atoms with Crippen molar-refractivity contribution in [3.63, 3.8) is 0 Å². The highest BCUT2D eigenvalue weighted by atomic mass is 16.3. The summed E-state index contributed by atoms with van der Waals surface area (Å²) >= 11 is 0. The molecule has 3 nitrogen and oxygen atoms in total. The second kappa shape index (κ2) is 3.33. The lowest BCUT2D eigenvalue weighted by Gasteiger charge is -2.17. The minimum Gasteiger partial charge on any atom is -0.443 e. The van der Waals surface area contributed by atoms with Crippen LogP contribution in [-0.2, 0) is 11.8 Å². The zero-order chi connectivity index (χ0) is 11.1. The van der Waals surface area contributed by atoms with E-state index in [0.717, 1.165) is 28.8 Å². The predicted molar refractivity (Wildman–Crippen MR) is 59.9 cm³/mol. The monoisotopic (exact) mass is 204 g/mol. The fourth-order valence-electron chi connectivity index (χ4n) is 1.71. The summed E-state index contributed by atoms with van der Waals surface area (Å²) in [6.07, 6.45) is 4.32. The number of hydrogen-bond donors (Lipinski definition) is 0. The van der Waals surface area contributed by atoms with Gasteiger partial charge in [0.2, 0.25) is 0 Å². The van der Waals surface area contributed by atoms with Crippen LogP contribution in [-0.4, -0.2) is 9.97 Å². The molecule has 0 aliphatic heterocycles. The van der Waals surface area contributed by atoms with E-state index in [4.69, 9.17) is 4.42 Å². The lowest BCUT2D eigenvalue weighted by Crippen LogP contribution is -2.14. The van der Waals surface area contributed by atoms with Gasteiger partial charge in [0, 0.05) is 17.2 Å². The van der Waals surface area contributed by atoms with E-state index in [0.29, 0.717) is 0 Å². The van der Waals surface area contributed by atoms with Crippen LogP contribution in [0.2, 0.25) is 0 Å². The van der Waals surface area contributed by atoms with Gasteiger partial charge in [-0.3, -0.25) is 4.98 Å². The van der Waals surface area contributed by atoms with E-state index < -0.39 is 0 Å². The Labute approximate surface area is 89.5 Å². The quantitative estimate of drug-likeness (QED) is 0.716. The van der Waals surface area contributed by atoms with Crippen molar-refractivity contribution in [1.29, 1.82) is 0 Å². The number of pyridine rings is 1. The first-order chi connectivity index (χ1) is 7.04. The van der Waals surface area contributed by atoms with Gasteiger partial charge in [0.1, 0.15) is 5.52 Å². The van der Waals surface area contributed by atoms with Crippen LogP contribution in [0.1, 0.15) is 39.0 Å². The van der Waals surface area contributed by atoms with Crippen molar-refractivity contribution in [2.75, 3.05) is 0 Å². The number of aromatic nitrogens is 2. The maximum atomic E-state index is 5.42. The van der Waals surface area contributed by atoms with Gasteiger partial charge in [-0.25, -0.2) is 4.98 Å². The van der Waals surface area contributed by atoms with E-state index >= 15 is 0 Å². The topological polar surface area (TPSA) is 38.9 Å². The van der Waals surface area contributed by atoms with E-state index in [2.05, 4.69) is 37.7 Å². The Morgan fingerprint density at radius 1 is 1.27 bits per heavy atom. The number of nitrogens with zero attached hydrogens (tertiary/aromatic N) is 2. The Balaban J connectivity index is 2.74. The molecular formula is C12H16N2O. The van der Waals surface area contributed by atoms with Crippen LogP contribution in [0, 0.1) is 0 Å². The third kappa shape index (κ3) is 1.62. The predicted octanol–water partition coefficient (Wildman–Crippen LogP) is 3.08. The van der Waals surface area contributed by atoms with Crippen LogP contribution in [0.15, 0.2) is 17.0 Å². The van der Waals surface area contributed by atoms with Crippen molar-refractivity contribution in [1.82, 2.24) is 9.97 Å². The molecule has 0 N–H and O–H groups in total. The molecule has 2 aromatic heterocycles. The number of aryl methyl sites for hydroxylation is 1. The van der Waals surface area contributed by atoms with Gasteiger partial charge >= 0.3 is 0 Å². The lowest BCUT2D eigenvalue weighted by atomic mass is 9.90. The second-order valence-electron chi connectivity index (χ2n) is 4.77. The number of rotatable bonds is 1. The minimum atomic E-state index is 0.00138. The summed E-state index contributed by atoms with van der Waals surface area (Å²) in [5.41, 5.74) is 3.92. The fraction of sp³-hybridized carbons (Fsp3) is 0.500. The maximum Gasteiger partial charge on any atom is 0.182 e. The molecule has 0 radical (unpaired) electrons. The van der Waals surface area contributed by atoms with E-state index in [1.54, 1.807) is 0 Å². The highest BCUT2D eigenvalue weighted by Gasteiger charge is 2.21. The van der Waals surface area contributed by atoms with Gasteiger partial charge in [0.05, 0.1) is 5.69 Å². The van der Waals surface area contributed by atoms with Crippen LogP contribution in [0.4, 0.5) is 0 Å². The molecule has 2 aromatic rings. The molecule has 2 heterocycles. The van der Waals surface area contributed by atoms with Gasteiger partial charge in [0.15, 0.2) is 12.0 Å². The molecule has 0 fully saturated rings. The van der Waals surface area contributed by atoms with Gasteiger partial charge < -0.3 is 4.42 Å². The highest BCUT2D eigenvalue weighted by Crippen LogP contribution is 2.28. The largest absolute Gasteiger partial charge is 0.443 e. The molecule has 0 atom stereocenters. The van der Waals surface area contributed by atoms with Crippen LogP contribution < -0.4 is 0 Å². The molecule has 0 aromatic carbocycles. The summed E-state index contributed by atoms with van der Waals surface area (Å²) < 4.78 is 5.42. The molecule has 0 saturated heterocycles. The molecule has 0 unspecified atom stereocenters. The Kier molecular flexibility index (Phi) is 2.25. The van der Waals surface area contributed by atoms with E-state index in [-0.39, 0.29) is 5.41 Å². The fourth-order valence-corrected chi connectivity index (χ4v) is 1.71. The summed E-state index contributed by atoms with van der Waals surface area (Å²) in [6.45, 7) is 8.49. The number of hydrogen-bond acceptors (Lipinski definition) is 3. The SMILES string of the molecule is CCc1cnc(C(C)(C)C)c2ncoc12. The van der Waals surface area contributed by atoms with Gasteiger partial charge in [-0.05, 0) is 6.42 Å². The second-order valence-corrected chi connectivity index (χ2v) is 4.77. The first-order valence-electron chi connectivity index (χ1n) is 5.25. The van der Waals surface area contributed by atoms with Crippen molar-refractivity contribution in [3.05, 3.63) is 23.8 Å². The van der Waals surface area contributed by atoms with Gasteiger partial charge in [-0.15, -0.1) is 0 Å². The normalized spacial score (nSPS) is 12.3. The van der Waals surface area contributed by atoms with Crippen molar-refractivity contribution in [2.24, 2.45) is 0 Å². The van der Waals surface area contributed by atoms with Crippen molar-refractivity contribution in [2.45, 2.75) is 39.5 Å². The van der Waals surface area contributed by atoms with Crippen molar-refractivity contribution >= 4 is 11.1 Å². The van der Waals surface area contributed by atoms with E-state index in [1.807, 2.05) is 6.20 Å². The minimum absolute atomic E-state index is 0.00138. The summed E-state index contributed by atoms with van der Waals surface area (Å²) in [5, 5.41) is 0. The first-order valence-corrected chi connectivity index (χ1v) is 5.25. The Hall–Kier alpha value is -1.38. The number of oxazole rings is 1. The number of fused-ring (bicyclic) bond motifs is 1. The van der Waals surface area contributed by atoms with Gasteiger partial charge in [-0.2, -0.15) is 0 Å². The summed E-state index contributed by atoms with van der Waals surface area (Å²) in [6, 6.07) is 0. The van der Waals surface area contributed by atoms with E-state index in [1.165, 1.54) is 6.39 Å². The average Bonchev–Trinajstić information content (AvgIpc) is 2.62. The summed E-state index contributed by atoms with van der Waals surface area (Å²) in [5.74, 6) is 0. The van der Waals surface area contributed by atoms with Crippen LogP contribution >= 0.6 is 0 Å². The highest BCUT2D eigenvalue weighted by molar-refractivity contribution is 5.78. The third-order valence-corrected chi connectivity index (χ3v) is 2.52. The summed E-state index contributed by atoms with van der Waals surface area (Å²) in [7, 11) is 0. The zero-order valence-electron chi connectivity index (χ0n) is 9.66. The Morgan fingerprint density at radius 3 is 2.60 bits per heavy atom. The van der Waals surface area contributed by atoms with Gasteiger partial charge in [0.25, 0.3) is 0 Å². The smallest absolute Gasteiger partial charge is 0.182 e. The maximum absolute atomic E-state index is 5.42. The zero-order valence-corrected chi connectivity index (χ0v) is 9.66. The third-order valence-electron chi connectivity index (χ3n) is 2.52. The molecule has 0 aliphatic carbocycles. The summed E-state index contributed by atoms with van der Waals surface area (Å²) in [4.78, 5) is 8.76. The Bertz CT molecular complexity index is 480. The first kappa shape index (κ1) is 10.1.